The highest BCUT2D eigenvalue weighted by molar-refractivity contribution is 9.10. The average molecular weight is 218 g/mol. The van der Waals surface area contributed by atoms with E-state index in [1.807, 2.05) is 0 Å². The zero-order valence-electron chi connectivity index (χ0n) is 6.30. The quantitative estimate of drug-likeness (QED) is 0.710. The van der Waals surface area contributed by atoms with Gasteiger partial charge in [0.25, 0.3) is 0 Å². The van der Waals surface area contributed by atoms with E-state index in [-0.39, 0.29) is 0 Å². The zero-order chi connectivity index (χ0) is 8.27. The van der Waals surface area contributed by atoms with Crippen molar-refractivity contribution in [3.63, 3.8) is 0 Å². The summed E-state index contributed by atoms with van der Waals surface area (Å²) in [4.78, 5) is 3.97. The van der Waals surface area contributed by atoms with Crippen LogP contribution in [0.5, 0.6) is 11.5 Å². The molecule has 0 radical (unpaired) electrons. The fourth-order valence-electron chi connectivity index (χ4n) is 0.752. The molecular weight excluding hydrogens is 210 g/mol. The number of pyridine rings is 1. The molecule has 0 aromatic carbocycles. The van der Waals surface area contributed by atoms with Gasteiger partial charge in [0.15, 0.2) is 16.1 Å². The SMILES string of the molecule is COc1ccnc(Br)c1OC. The van der Waals surface area contributed by atoms with Crippen molar-refractivity contribution in [2.24, 2.45) is 0 Å². The highest BCUT2D eigenvalue weighted by Gasteiger charge is 2.06. The van der Waals surface area contributed by atoms with Gasteiger partial charge in [-0.1, -0.05) is 0 Å². The second kappa shape index (κ2) is 3.57. The third-order valence-corrected chi connectivity index (χ3v) is 1.81. The molecule has 0 aliphatic rings. The molecule has 1 heterocycles. The summed E-state index contributed by atoms with van der Waals surface area (Å²) >= 11 is 3.23. The van der Waals surface area contributed by atoms with Crippen molar-refractivity contribution < 1.29 is 9.47 Å². The normalized spacial score (nSPS) is 9.36. The molecule has 1 aromatic heterocycles. The Bertz CT molecular complexity index is 252. The lowest BCUT2D eigenvalue weighted by Gasteiger charge is -2.06. The molecule has 11 heavy (non-hydrogen) atoms. The first-order valence-corrected chi connectivity index (χ1v) is 3.81. The number of aromatic nitrogens is 1. The van der Waals surface area contributed by atoms with E-state index < -0.39 is 0 Å². The van der Waals surface area contributed by atoms with Gasteiger partial charge in [-0.15, -0.1) is 0 Å². The highest BCUT2D eigenvalue weighted by Crippen LogP contribution is 2.32. The maximum Gasteiger partial charge on any atom is 0.193 e. The van der Waals surface area contributed by atoms with Crippen LogP contribution < -0.4 is 9.47 Å². The van der Waals surface area contributed by atoms with Gasteiger partial charge in [0.1, 0.15) is 0 Å². The van der Waals surface area contributed by atoms with Gasteiger partial charge in [-0.25, -0.2) is 4.98 Å². The maximum absolute atomic E-state index is 5.03. The van der Waals surface area contributed by atoms with Gasteiger partial charge >= 0.3 is 0 Å². The predicted molar refractivity (Wildman–Crippen MR) is 45.0 cm³/mol. The molecule has 3 nitrogen and oxygen atoms in total. The molecule has 0 spiro atoms. The minimum atomic E-state index is 0.620. The third-order valence-electron chi connectivity index (χ3n) is 1.25. The van der Waals surface area contributed by atoms with Crippen molar-refractivity contribution in [3.05, 3.63) is 16.9 Å². The first-order valence-electron chi connectivity index (χ1n) is 3.02. The molecule has 0 amide bonds. The Balaban J connectivity index is 3.13. The van der Waals surface area contributed by atoms with Crippen LogP contribution in [0.3, 0.4) is 0 Å². The molecule has 0 aliphatic heterocycles. The summed E-state index contributed by atoms with van der Waals surface area (Å²) in [6, 6.07) is 1.74. The lowest BCUT2D eigenvalue weighted by molar-refractivity contribution is 0.351. The number of hydrogen-bond donors (Lipinski definition) is 0. The van der Waals surface area contributed by atoms with Crippen LogP contribution in [0.2, 0.25) is 0 Å². The van der Waals surface area contributed by atoms with E-state index in [2.05, 4.69) is 20.9 Å². The van der Waals surface area contributed by atoms with Gasteiger partial charge in [0, 0.05) is 12.3 Å². The van der Waals surface area contributed by atoms with E-state index in [9.17, 15) is 0 Å². The molecule has 0 atom stereocenters. The van der Waals surface area contributed by atoms with Gasteiger partial charge in [-0.3, -0.25) is 0 Å². The Morgan fingerprint density at radius 3 is 2.55 bits per heavy atom. The molecule has 0 saturated heterocycles. The molecule has 1 aromatic rings. The van der Waals surface area contributed by atoms with Gasteiger partial charge in [0.05, 0.1) is 14.2 Å². The zero-order valence-corrected chi connectivity index (χ0v) is 7.88. The molecular formula is C7H8BrNO2. The smallest absolute Gasteiger partial charge is 0.193 e. The summed E-state index contributed by atoms with van der Waals surface area (Å²) in [7, 11) is 3.16. The molecule has 0 N–H and O–H groups in total. The minimum Gasteiger partial charge on any atom is -0.493 e. The number of ether oxygens (including phenoxy) is 2. The third kappa shape index (κ3) is 1.63. The lowest BCUT2D eigenvalue weighted by Crippen LogP contribution is -1.92. The molecule has 0 saturated carbocycles. The van der Waals surface area contributed by atoms with Crippen molar-refractivity contribution in [2.75, 3.05) is 14.2 Å². The van der Waals surface area contributed by atoms with E-state index in [1.165, 1.54) is 0 Å². The molecule has 0 aliphatic carbocycles. The summed E-state index contributed by atoms with van der Waals surface area (Å²) in [6.45, 7) is 0. The monoisotopic (exact) mass is 217 g/mol. The van der Waals surface area contributed by atoms with Gasteiger partial charge < -0.3 is 9.47 Å². The van der Waals surface area contributed by atoms with Crippen molar-refractivity contribution in [2.45, 2.75) is 0 Å². The number of hydrogen-bond acceptors (Lipinski definition) is 3. The predicted octanol–water partition coefficient (Wildman–Crippen LogP) is 1.86. The van der Waals surface area contributed by atoms with E-state index in [0.29, 0.717) is 16.1 Å². The number of nitrogens with zero attached hydrogens (tertiary/aromatic N) is 1. The standard InChI is InChI=1S/C7H8BrNO2/c1-10-5-3-4-9-7(8)6(5)11-2/h3-4H,1-2H3. The van der Waals surface area contributed by atoms with Crippen molar-refractivity contribution >= 4 is 15.9 Å². The van der Waals surface area contributed by atoms with Crippen LogP contribution in [0.4, 0.5) is 0 Å². The minimum absolute atomic E-state index is 0.620. The summed E-state index contributed by atoms with van der Waals surface area (Å²) < 4.78 is 10.7. The summed E-state index contributed by atoms with van der Waals surface area (Å²) in [5.41, 5.74) is 0. The van der Waals surface area contributed by atoms with Crippen LogP contribution in [0.25, 0.3) is 0 Å². The molecule has 1 rings (SSSR count). The van der Waals surface area contributed by atoms with Crippen LogP contribution >= 0.6 is 15.9 Å². The van der Waals surface area contributed by atoms with Crippen LogP contribution in [-0.4, -0.2) is 19.2 Å². The van der Waals surface area contributed by atoms with Crippen LogP contribution in [0, 0.1) is 0 Å². The van der Waals surface area contributed by atoms with Crippen molar-refractivity contribution in [3.8, 4) is 11.5 Å². The maximum atomic E-state index is 5.03. The van der Waals surface area contributed by atoms with Crippen molar-refractivity contribution in [1.29, 1.82) is 0 Å². The van der Waals surface area contributed by atoms with E-state index in [0.717, 1.165) is 0 Å². The number of halogens is 1. The second-order valence-electron chi connectivity index (χ2n) is 1.84. The average Bonchev–Trinajstić information content (AvgIpc) is 2.04. The number of rotatable bonds is 2. The molecule has 4 heteroatoms. The lowest BCUT2D eigenvalue weighted by atomic mass is 10.4. The molecule has 0 bridgehead atoms. The Hall–Kier alpha value is -0.770. The van der Waals surface area contributed by atoms with Crippen LogP contribution in [0.15, 0.2) is 16.9 Å². The van der Waals surface area contributed by atoms with E-state index >= 15 is 0 Å². The molecule has 60 valence electrons. The van der Waals surface area contributed by atoms with Crippen LogP contribution in [0.1, 0.15) is 0 Å². The largest absolute Gasteiger partial charge is 0.493 e. The summed E-state index contributed by atoms with van der Waals surface area (Å²) in [5.74, 6) is 1.30. The summed E-state index contributed by atoms with van der Waals surface area (Å²) in [5, 5.41) is 0. The van der Waals surface area contributed by atoms with Gasteiger partial charge in [-0.05, 0) is 15.9 Å². The Labute approximate surface area is 73.5 Å². The fourth-order valence-corrected chi connectivity index (χ4v) is 1.23. The second-order valence-corrected chi connectivity index (χ2v) is 2.59. The molecule has 0 fully saturated rings. The van der Waals surface area contributed by atoms with Crippen LogP contribution in [-0.2, 0) is 0 Å². The van der Waals surface area contributed by atoms with Gasteiger partial charge in [-0.2, -0.15) is 0 Å². The topological polar surface area (TPSA) is 31.4 Å². The van der Waals surface area contributed by atoms with Gasteiger partial charge in [0.2, 0.25) is 0 Å². The Morgan fingerprint density at radius 1 is 1.36 bits per heavy atom. The first kappa shape index (κ1) is 8.33. The first-order chi connectivity index (χ1) is 5.29. The molecule has 0 unspecified atom stereocenters. The Kier molecular flexibility index (Phi) is 2.70. The van der Waals surface area contributed by atoms with E-state index in [1.54, 1.807) is 26.5 Å². The highest BCUT2D eigenvalue weighted by atomic mass is 79.9. The number of methoxy groups -OCH3 is 2. The Morgan fingerprint density at radius 2 is 2.09 bits per heavy atom. The fraction of sp³-hybridized carbons (Fsp3) is 0.286. The van der Waals surface area contributed by atoms with E-state index in [4.69, 9.17) is 9.47 Å². The van der Waals surface area contributed by atoms with Crippen molar-refractivity contribution in [1.82, 2.24) is 4.98 Å². The summed E-state index contributed by atoms with van der Waals surface area (Å²) in [6.07, 6.45) is 1.64.